The van der Waals surface area contributed by atoms with Crippen LogP contribution in [0.5, 0.6) is 5.75 Å². The predicted octanol–water partition coefficient (Wildman–Crippen LogP) is 5.23. The molecule has 184 valence electrons. The Morgan fingerprint density at radius 1 is 1.14 bits per heavy atom. The Kier molecular flexibility index (Phi) is 7.52. The molecule has 1 unspecified atom stereocenters. The number of carbonyl (C=O) groups is 1. The molecule has 0 saturated carbocycles. The van der Waals surface area contributed by atoms with Gasteiger partial charge in [-0.05, 0) is 75.8 Å². The van der Waals surface area contributed by atoms with E-state index in [-0.39, 0.29) is 34.1 Å². The molecule has 1 aliphatic rings. The minimum Gasteiger partial charge on any atom is -0.482 e. The molecule has 0 radical (unpaired) electrons. The molecule has 2 aromatic carbocycles. The molecule has 6 nitrogen and oxygen atoms in total. The van der Waals surface area contributed by atoms with Crippen LogP contribution in [0.2, 0.25) is 5.02 Å². The second kappa shape index (κ2) is 10.6. The number of nitrogen functional groups attached to an aromatic ring is 1. The number of rotatable bonds is 6. The monoisotopic (exact) mass is 500 g/mol. The molecule has 2 heterocycles. The number of nitrogens with one attached hydrogen (secondary N) is 1. The minimum absolute atomic E-state index is 0.0997. The van der Waals surface area contributed by atoms with Gasteiger partial charge in [-0.15, -0.1) is 0 Å². The second-order valence-corrected chi connectivity index (χ2v) is 9.13. The van der Waals surface area contributed by atoms with Crippen LogP contribution in [-0.4, -0.2) is 42.0 Å². The molecule has 1 atom stereocenters. The van der Waals surface area contributed by atoms with Gasteiger partial charge in [0.05, 0.1) is 5.02 Å². The maximum Gasteiger partial charge on any atom is 0.251 e. The van der Waals surface area contributed by atoms with E-state index >= 15 is 0 Å². The van der Waals surface area contributed by atoms with Crippen LogP contribution in [0.15, 0.2) is 48.7 Å². The van der Waals surface area contributed by atoms with E-state index in [2.05, 4.69) is 22.2 Å². The first-order chi connectivity index (χ1) is 16.7. The molecule has 1 aliphatic heterocycles. The van der Waals surface area contributed by atoms with E-state index in [1.807, 2.05) is 12.1 Å². The first kappa shape index (κ1) is 24.9. The fourth-order valence-corrected chi connectivity index (χ4v) is 4.41. The maximum absolute atomic E-state index is 14.3. The van der Waals surface area contributed by atoms with Gasteiger partial charge in [0.15, 0.2) is 11.6 Å². The summed E-state index contributed by atoms with van der Waals surface area (Å²) in [4.78, 5) is 19.1. The van der Waals surface area contributed by atoms with Gasteiger partial charge >= 0.3 is 0 Å². The van der Waals surface area contributed by atoms with Crippen LogP contribution in [0.3, 0.4) is 0 Å². The summed E-state index contributed by atoms with van der Waals surface area (Å²) in [7, 11) is 2.08. The van der Waals surface area contributed by atoms with E-state index < -0.39 is 17.7 Å². The van der Waals surface area contributed by atoms with Crippen LogP contribution in [0.4, 0.5) is 14.6 Å². The summed E-state index contributed by atoms with van der Waals surface area (Å²) in [6, 6.07) is 10.9. The number of nitrogens with zero attached hydrogens (tertiary/aromatic N) is 2. The molecular formula is C26H27ClF2N4O2. The van der Waals surface area contributed by atoms with Crippen molar-refractivity contribution in [3.05, 3.63) is 76.4 Å². The molecular weight excluding hydrogens is 474 g/mol. The van der Waals surface area contributed by atoms with E-state index in [9.17, 15) is 13.6 Å². The molecule has 3 aromatic rings. The Morgan fingerprint density at radius 3 is 2.49 bits per heavy atom. The normalized spacial score (nSPS) is 15.6. The van der Waals surface area contributed by atoms with Crippen molar-refractivity contribution in [2.45, 2.75) is 31.9 Å². The van der Waals surface area contributed by atoms with E-state index in [0.29, 0.717) is 11.1 Å². The number of benzene rings is 2. The van der Waals surface area contributed by atoms with E-state index in [1.165, 1.54) is 0 Å². The van der Waals surface area contributed by atoms with E-state index in [4.69, 9.17) is 22.1 Å². The highest BCUT2D eigenvalue weighted by molar-refractivity contribution is 6.31. The molecule has 0 aliphatic carbocycles. The molecule has 4 rings (SSSR count). The number of anilines is 1. The molecule has 1 aromatic heterocycles. The molecule has 3 N–H and O–H groups in total. The van der Waals surface area contributed by atoms with Gasteiger partial charge in [-0.1, -0.05) is 23.7 Å². The number of likely N-dealkylation sites (tertiary alicyclic amines) is 1. The van der Waals surface area contributed by atoms with Gasteiger partial charge in [-0.3, -0.25) is 4.79 Å². The van der Waals surface area contributed by atoms with Crippen LogP contribution < -0.4 is 15.8 Å². The highest BCUT2D eigenvalue weighted by Crippen LogP contribution is 2.34. The van der Waals surface area contributed by atoms with Crippen molar-refractivity contribution in [3.63, 3.8) is 0 Å². The highest BCUT2D eigenvalue weighted by atomic mass is 35.5. The molecule has 9 heteroatoms. The zero-order valence-corrected chi connectivity index (χ0v) is 20.3. The van der Waals surface area contributed by atoms with E-state index in [1.54, 1.807) is 31.3 Å². The number of hydrogen-bond acceptors (Lipinski definition) is 5. The van der Waals surface area contributed by atoms with Gasteiger partial charge in [-0.25, -0.2) is 13.8 Å². The third-order valence-corrected chi connectivity index (χ3v) is 6.59. The van der Waals surface area contributed by atoms with Crippen LogP contribution in [0.25, 0.3) is 11.1 Å². The third kappa shape index (κ3) is 5.71. The molecule has 0 bridgehead atoms. The summed E-state index contributed by atoms with van der Waals surface area (Å²) in [5, 5.41) is 2.76. The largest absolute Gasteiger partial charge is 0.482 e. The van der Waals surface area contributed by atoms with Crippen LogP contribution in [-0.2, 0) is 0 Å². The topological polar surface area (TPSA) is 80.5 Å². The van der Waals surface area contributed by atoms with Gasteiger partial charge in [0, 0.05) is 28.9 Å². The number of hydrogen-bond donors (Lipinski definition) is 2. The lowest BCUT2D eigenvalue weighted by Gasteiger charge is -2.29. The van der Waals surface area contributed by atoms with Crippen molar-refractivity contribution in [1.82, 2.24) is 15.2 Å². The van der Waals surface area contributed by atoms with E-state index in [0.717, 1.165) is 43.6 Å². The summed E-state index contributed by atoms with van der Waals surface area (Å²) in [6.07, 6.45) is 2.53. The molecule has 1 amide bonds. The molecule has 0 spiro atoms. The summed E-state index contributed by atoms with van der Waals surface area (Å²) in [5.74, 6) is -1.21. The predicted molar refractivity (Wildman–Crippen MR) is 132 cm³/mol. The number of amides is 1. The summed E-state index contributed by atoms with van der Waals surface area (Å²) in [5.41, 5.74) is 7.92. The first-order valence-corrected chi connectivity index (χ1v) is 11.8. The SMILES string of the molecule is CC(Oc1cc(-c2ccc(C(=O)NC3CCN(C)CC3)cc2)cnc1N)c1c(F)ccc(F)c1Cl. The van der Waals surface area contributed by atoms with Crippen molar-refractivity contribution in [2.75, 3.05) is 25.9 Å². The zero-order chi connectivity index (χ0) is 25.1. The summed E-state index contributed by atoms with van der Waals surface area (Å²) < 4.78 is 33.9. The van der Waals surface area contributed by atoms with Gasteiger partial charge in [-0.2, -0.15) is 0 Å². The van der Waals surface area contributed by atoms with Gasteiger partial charge in [0.1, 0.15) is 17.7 Å². The van der Waals surface area contributed by atoms with Gasteiger partial charge in [0.25, 0.3) is 5.91 Å². The second-order valence-electron chi connectivity index (χ2n) is 8.75. The molecule has 1 fully saturated rings. The van der Waals surface area contributed by atoms with Crippen molar-refractivity contribution in [2.24, 2.45) is 0 Å². The van der Waals surface area contributed by atoms with Gasteiger partial charge in [0.2, 0.25) is 0 Å². The number of ether oxygens (including phenoxy) is 1. The Balaban J connectivity index is 1.48. The Hall–Kier alpha value is -3.23. The minimum atomic E-state index is -0.914. The number of nitrogens with two attached hydrogens (primary N) is 1. The number of aromatic nitrogens is 1. The van der Waals surface area contributed by atoms with Crippen molar-refractivity contribution >= 4 is 23.3 Å². The lowest BCUT2D eigenvalue weighted by atomic mass is 10.0. The highest BCUT2D eigenvalue weighted by Gasteiger charge is 2.22. The average molecular weight is 501 g/mol. The lowest BCUT2D eigenvalue weighted by Crippen LogP contribution is -2.43. The number of carbonyl (C=O) groups excluding carboxylic acids is 1. The number of halogens is 3. The van der Waals surface area contributed by atoms with Crippen LogP contribution in [0, 0.1) is 11.6 Å². The lowest BCUT2D eigenvalue weighted by molar-refractivity contribution is 0.0917. The molecule has 1 saturated heterocycles. The maximum atomic E-state index is 14.3. The first-order valence-electron chi connectivity index (χ1n) is 11.4. The standard InChI is InChI=1S/C26H27ClF2N4O2/c1-15(23-20(28)7-8-21(29)24(23)27)35-22-13-18(14-31-25(22)30)16-3-5-17(6-4-16)26(34)32-19-9-11-33(2)12-10-19/h3-8,13-15,19H,9-12H2,1-2H3,(H2,30,31)(H,32,34). The summed E-state index contributed by atoms with van der Waals surface area (Å²) in [6.45, 7) is 3.48. The Bertz CT molecular complexity index is 1210. The quantitative estimate of drug-likeness (QED) is 0.453. The van der Waals surface area contributed by atoms with Crippen LogP contribution in [0.1, 0.15) is 41.8 Å². The average Bonchev–Trinajstić information content (AvgIpc) is 2.84. The fraction of sp³-hybridized carbons (Fsp3) is 0.308. The zero-order valence-electron chi connectivity index (χ0n) is 19.5. The smallest absolute Gasteiger partial charge is 0.251 e. The Labute approximate surface area is 208 Å². The molecule has 35 heavy (non-hydrogen) atoms. The van der Waals surface area contributed by atoms with Crippen molar-refractivity contribution in [1.29, 1.82) is 0 Å². The van der Waals surface area contributed by atoms with Crippen molar-refractivity contribution < 1.29 is 18.3 Å². The fourth-order valence-electron chi connectivity index (χ4n) is 4.11. The number of piperidine rings is 1. The van der Waals surface area contributed by atoms with Gasteiger partial charge < -0.3 is 20.7 Å². The summed E-state index contributed by atoms with van der Waals surface area (Å²) >= 11 is 5.96. The van der Waals surface area contributed by atoms with Crippen molar-refractivity contribution in [3.8, 4) is 16.9 Å². The Morgan fingerprint density at radius 2 is 1.80 bits per heavy atom. The van der Waals surface area contributed by atoms with Crippen LogP contribution >= 0.6 is 11.6 Å². The third-order valence-electron chi connectivity index (χ3n) is 6.21. The number of pyridine rings is 1.